The van der Waals surface area contributed by atoms with E-state index in [0.29, 0.717) is 42.0 Å². The molecule has 36 heavy (non-hydrogen) atoms. The molecule has 0 atom stereocenters. The van der Waals surface area contributed by atoms with Gasteiger partial charge in [0.05, 0.1) is 18.0 Å². The Labute approximate surface area is 209 Å². The molecule has 1 aromatic carbocycles. The molecule has 5 rings (SSSR count). The average molecular weight is 488 g/mol. The van der Waals surface area contributed by atoms with Crippen LogP contribution in [0.15, 0.2) is 54.9 Å². The third-order valence-electron chi connectivity index (χ3n) is 6.10. The lowest BCUT2D eigenvalue weighted by atomic mass is 10.2. The number of carbonyl (C=O) groups excluding carboxylic acids is 1. The van der Waals surface area contributed by atoms with E-state index in [4.69, 9.17) is 9.47 Å². The van der Waals surface area contributed by atoms with Gasteiger partial charge in [-0.1, -0.05) is 0 Å². The molecule has 0 unspecified atom stereocenters. The Morgan fingerprint density at radius 1 is 1.00 bits per heavy atom. The Bertz CT molecular complexity index is 1350. The standard InChI is InChI=1S/C26H29N7O3/c1-32-9-11-33(12-10-32)25(34)24-16-18-15-19(3-4-21(18)30-24)29-26-28-8-6-22(31-26)23-17-20(5-7-27-23)36-14-13-35-2/h3-8,15-17,30H,9-14H2,1-2H3,(H,28,29,31). The number of likely N-dealkylation sites (N-methyl/N-ethyl adjacent to an activating group) is 1. The number of pyridine rings is 1. The van der Waals surface area contributed by atoms with Crippen LogP contribution in [0.3, 0.4) is 0 Å². The molecule has 1 saturated heterocycles. The van der Waals surface area contributed by atoms with Gasteiger partial charge in [0.1, 0.15) is 18.1 Å². The van der Waals surface area contributed by atoms with Gasteiger partial charge in [0.2, 0.25) is 5.95 Å². The molecule has 1 aliphatic rings. The number of aromatic nitrogens is 4. The summed E-state index contributed by atoms with van der Waals surface area (Å²) in [6.07, 6.45) is 3.37. The molecule has 186 valence electrons. The first-order chi connectivity index (χ1) is 17.6. The zero-order valence-corrected chi connectivity index (χ0v) is 20.4. The van der Waals surface area contributed by atoms with E-state index in [2.05, 4.69) is 37.2 Å². The fraction of sp³-hybridized carbons (Fsp3) is 0.308. The van der Waals surface area contributed by atoms with Crippen LogP contribution in [0.2, 0.25) is 0 Å². The fourth-order valence-corrected chi connectivity index (χ4v) is 4.08. The molecule has 3 aromatic heterocycles. The number of amides is 1. The van der Waals surface area contributed by atoms with Crippen molar-refractivity contribution >= 4 is 28.4 Å². The molecule has 2 N–H and O–H groups in total. The highest BCUT2D eigenvalue weighted by Gasteiger charge is 2.21. The van der Waals surface area contributed by atoms with Gasteiger partial charge in [0, 0.05) is 68.3 Å². The van der Waals surface area contributed by atoms with Crippen LogP contribution in [-0.2, 0) is 4.74 Å². The Morgan fingerprint density at radius 2 is 1.83 bits per heavy atom. The zero-order chi connectivity index (χ0) is 24.9. The number of rotatable bonds is 8. The SMILES string of the molecule is COCCOc1ccnc(-c2ccnc(Nc3ccc4[nH]c(C(=O)N5CCN(C)CC5)cc4c3)n2)c1. The van der Waals surface area contributed by atoms with Gasteiger partial charge in [0.15, 0.2) is 0 Å². The van der Waals surface area contributed by atoms with E-state index in [9.17, 15) is 4.79 Å². The monoisotopic (exact) mass is 487 g/mol. The molecule has 0 saturated carbocycles. The van der Waals surface area contributed by atoms with Crippen molar-refractivity contribution in [2.45, 2.75) is 0 Å². The number of hydrogen-bond acceptors (Lipinski definition) is 8. The Hall–Kier alpha value is -4.02. The van der Waals surface area contributed by atoms with E-state index in [1.54, 1.807) is 31.6 Å². The van der Waals surface area contributed by atoms with Crippen LogP contribution in [0.5, 0.6) is 5.75 Å². The number of hydrogen-bond donors (Lipinski definition) is 2. The number of nitrogens with zero attached hydrogens (tertiary/aromatic N) is 5. The lowest BCUT2D eigenvalue weighted by molar-refractivity contribution is 0.0659. The van der Waals surface area contributed by atoms with Crippen molar-refractivity contribution in [2.75, 3.05) is 58.9 Å². The average Bonchev–Trinajstić information content (AvgIpc) is 3.33. The van der Waals surface area contributed by atoms with Crippen LogP contribution >= 0.6 is 0 Å². The quantitative estimate of drug-likeness (QED) is 0.365. The van der Waals surface area contributed by atoms with Gasteiger partial charge in [-0.05, 0) is 43.4 Å². The molecule has 4 aromatic rings. The van der Waals surface area contributed by atoms with Crippen LogP contribution in [-0.4, -0.2) is 89.2 Å². The van der Waals surface area contributed by atoms with E-state index in [0.717, 1.165) is 42.8 Å². The van der Waals surface area contributed by atoms with E-state index < -0.39 is 0 Å². The van der Waals surface area contributed by atoms with Gasteiger partial charge < -0.3 is 29.6 Å². The summed E-state index contributed by atoms with van der Waals surface area (Å²) in [5.74, 6) is 1.18. The van der Waals surface area contributed by atoms with Crippen molar-refractivity contribution in [3.05, 3.63) is 60.6 Å². The molecule has 0 bridgehead atoms. The third-order valence-corrected chi connectivity index (χ3v) is 6.10. The molecular formula is C26H29N7O3. The predicted octanol–water partition coefficient (Wildman–Crippen LogP) is 3.18. The molecule has 0 aliphatic carbocycles. The number of carbonyl (C=O) groups is 1. The van der Waals surface area contributed by atoms with E-state index >= 15 is 0 Å². The van der Waals surface area contributed by atoms with Crippen LogP contribution in [0.4, 0.5) is 11.6 Å². The minimum Gasteiger partial charge on any atom is -0.491 e. The summed E-state index contributed by atoms with van der Waals surface area (Å²) in [6, 6.07) is 13.2. The number of methoxy groups -OCH3 is 1. The van der Waals surface area contributed by atoms with Gasteiger partial charge in [-0.2, -0.15) is 0 Å². The van der Waals surface area contributed by atoms with E-state index in [-0.39, 0.29) is 5.91 Å². The highest BCUT2D eigenvalue weighted by Crippen LogP contribution is 2.25. The smallest absolute Gasteiger partial charge is 0.270 e. The van der Waals surface area contributed by atoms with E-state index in [1.807, 2.05) is 35.2 Å². The number of nitrogens with one attached hydrogen (secondary N) is 2. The van der Waals surface area contributed by atoms with Crippen molar-refractivity contribution in [3.8, 4) is 17.1 Å². The number of fused-ring (bicyclic) bond motifs is 1. The largest absolute Gasteiger partial charge is 0.491 e. The Morgan fingerprint density at radius 3 is 2.67 bits per heavy atom. The summed E-state index contributed by atoms with van der Waals surface area (Å²) in [5, 5.41) is 4.20. The maximum absolute atomic E-state index is 12.9. The van der Waals surface area contributed by atoms with Crippen molar-refractivity contribution in [2.24, 2.45) is 0 Å². The Balaban J connectivity index is 1.30. The molecule has 1 amide bonds. The van der Waals surface area contributed by atoms with Crippen molar-refractivity contribution in [1.29, 1.82) is 0 Å². The Kier molecular flexibility index (Phi) is 7.06. The highest BCUT2D eigenvalue weighted by molar-refractivity contribution is 5.98. The normalized spacial score (nSPS) is 14.2. The van der Waals surface area contributed by atoms with E-state index in [1.165, 1.54) is 0 Å². The summed E-state index contributed by atoms with van der Waals surface area (Å²) in [4.78, 5) is 33.7. The second kappa shape index (κ2) is 10.7. The number of benzene rings is 1. The highest BCUT2D eigenvalue weighted by atomic mass is 16.5. The second-order valence-corrected chi connectivity index (χ2v) is 8.69. The first kappa shape index (κ1) is 23.7. The summed E-state index contributed by atoms with van der Waals surface area (Å²) in [7, 11) is 3.71. The van der Waals surface area contributed by atoms with Crippen molar-refractivity contribution in [1.82, 2.24) is 29.7 Å². The molecule has 0 spiro atoms. The summed E-state index contributed by atoms with van der Waals surface area (Å²) in [6.45, 7) is 4.22. The molecule has 1 aliphatic heterocycles. The molecule has 1 fully saturated rings. The minimum atomic E-state index is 0.0331. The van der Waals surface area contributed by atoms with Crippen LogP contribution in [0, 0.1) is 0 Å². The van der Waals surface area contributed by atoms with Crippen molar-refractivity contribution < 1.29 is 14.3 Å². The number of piperazine rings is 1. The third kappa shape index (κ3) is 5.45. The number of anilines is 2. The van der Waals surface area contributed by atoms with Crippen LogP contribution < -0.4 is 10.1 Å². The van der Waals surface area contributed by atoms with Gasteiger partial charge >= 0.3 is 0 Å². The molecule has 4 heterocycles. The lowest BCUT2D eigenvalue weighted by Crippen LogP contribution is -2.47. The van der Waals surface area contributed by atoms with Gasteiger partial charge in [-0.15, -0.1) is 0 Å². The van der Waals surface area contributed by atoms with Crippen molar-refractivity contribution in [3.63, 3.8) is 0 Å². The van der Waals surface area contributed by atoms with Crippen LogP contribution in [0.1, 0.15) is 10.5 Å². The summed E-state index contributed by atoms with van der Waals surface area (Å²) < 4.78 is 10.7. The van der Waals surface area contributed by atoms with Crippen LogP contribution in [0.25, 0.3) is 22.3 Å². The minimum absolute atomic E-state index is 0.0331. The fourth-order valence-electron chi connectivity index (χ4n) is 4.08. The maximum atomic E-state index is 12.9. The first-order valence-corrected chi connectivity index (χ1v) is 11.9. The number of aromatic amines is 1. The molecule has 0 radical (unpaired) electrons. The summed E-state index contributed by atoms with van der Waals surface area (Å²) in [5.41, 5.74) is 3.68. The number of H-pyrrole nitrogens is 1. The predicted molar refractivity (Wildman–Crippen MR) is 138 cm³/mol. The lowest BCUT2D eigenvalue weighted by Gasteiger charge is -2.32. The van der Waals surface area contributed by atoms with Gasteiger partial charge in [-0.25, -0.2) is 9.97 Å². The maximum Gasteiger partial charge on any atom is 0.270 e. The zero-order valence-electron chi connectivity index (χ0n) is 20.4. The molecule has 10 nitrogen and oxygen atoms in total. The second-order valence-electron chi connectivity index (χ2n) is 8.69. The molecular weight excluding hydrogens is 458 g/mol. The van der Waals surface area contributed by atoms with Gasteiger partial charge in [0.25, 0.3) is 5.91 Å². The topological polar surface area (TPSA) is 108 Å². The van der Waals surface area contributed by atoms with Gasteiger partial charge in [-0.3, -0.25) is 9.78 Å². The molecule has 10 heteroatoms. The summed E-state index contributed by atoms with van der Waals surface area (Å²) >= 11 is 0. The number of ether oxygens (including phenoxy) is 2. The first-order valence-electron chi connectivity index (χ1n) is 11.9.